The van der Waals surface area contributed by atoms with Gasteiger partial charge in [0.15, 0.2) is 0 Å². The van der Waals surface area contributed by atoms with E-state index in [1.54, 1.807) is 0 Å². The molecule has 0 bridgehead atoms. The Morgan fingerprint density at radius 1 is 1.28 bits per heavy atom. The molecule has 0 aliphatic heterocycles. The lowest BCUT2D eigenvalue weighted by atomic mass is 9.93. The van der Waals surface area contributed by atoms with Gasteiger partial charge in [-0.1, -0.05) is 49.3 Å². The van der Waals surface area contributed by atoms with Crippen molar-refractivity contribution in [2.75, 3.05) is 0 Å². The Kier molecular flexibility index (Phi) is 6.42. The average molecular weight is 366 g/mol. The number of esters is 1. The molecule has 18 heavy (non-hydrogen) atoms. The van der Waals surface area contributed by atoms with E-state index < -0.39 is 0 Å². The zero-order valence-corrected chi connectivity index (χ0v) is 14.2. The van der Waals surface area contributed by atoms with Gasteiger partial charge in [-0.15, -0.1) is 0 Å². The van der Waals surface area contributed by atoms with E-state index in [0.29, 0.717) is 0 Å². The number of carbonyl (C=O) groups excluding carboxylic acids is 1. The van der Waals surface area contributed by atoms with E-state index in [-0.39, 0.29) is 15.0 Å². The highest BCUT2D eigenvalue weighted by Gasteiger charge is 2.41. The van der Waals surface area contributed by atoms with E-state index in [4.69, 9.17) is 4.74 Å². The minimum Gasteiger partial charge on any atom is -0.458 e. The van der Waals surface area contributed by atoms with Crippen molar-refractivity contribution in [1.29, 1.82) is 0 Å². The molecule has 0 aromatic heterocycles. The molecule has 1 unspecified atom stereocenters. The second kappa shape index (κ2) is 7.11. The van der Waals surface area contributed by atoms with E-state index in [2.05, 4.69) is 29.5 Å². The summed E-state index contributed by atoms with van der Waals surface area (Å²) in [5, 5.41) is 0. The lowest BCUT2D eigenvalue weighted by Crippen LogP contribution is -2.39. The van der Waals surface area contributed by atoms with Crippen LogP contribution < -0.4 is 0 Å². The molecule has 1 rings (SSSR count). The molecule has 0 heterocycles. The highest BCUT2D eigenvalue weighted by molar-refractivity contribution is 14.1. The van der Waals surface area contributed by atoms with Crippen molar-refractivity contribution in [2.24, 2.45) is 0 Å². The van der Waals surface area contributed by atoms with Crippen molar-refractivity contribution in [1.82, 2.24) is 0 Å². The molecule has 0 N–H and O–H groups in total. The van der Waals surface area contributed by atoms with Crippen LogP contribution in [0.4, 0.5) is 0 Å². The molecule has 0 aromatic rings. The summed E-state index contributed by atoms with van der Waals surface area (Å²) in [6, 6.07) is 0. The predicted molar refractivity (Wildman–Crippen MR) is 84.1 cm³/mol. The van der Waals surface area contributed by atoms with E-state index in [1.165, 1.54) is 32.1 Å². The molecule has 0 radical (unpaired) electrons. The maximum atomic E-state index is 12.3. The van der Waals surface area contributed by atoms with Gasteiger partial charge in [-0.2, -0.15) is 0 Å². The van der Waals surface area contributed by atoms with Gasteiger partial charge in [-0.25, -0.2) is 0 Å². The Morgan fingerprint density at radius 3 is 2.39 bits per heavy atom. The number of hydrogen-bond acceptors (Lipinski definition) is 2. The fourth-order valence-corrected chi connectivity index (χ4v) is 2.68. The molecule has 1 fully saturated rings. The van der Waals surface area contributed by atoms with Crippen LogP contribution in [0.25, 0.3) is 0 Å². The van der Waals surface area contributed by atoms with Crippen molar-refractivity contribution >= 4 is 28.6 Å². The van der Waals surface area contributed by atoms with Gasteiger partial charge >= 0.3 is 5.97 Å². The van der Waals surface area contributed by atoms with Crippen LogP contribution in [0.15, 0.2) is 0 Å². The number of hydrogen-bond donors (Lipinski definition) is 0. The third kappa shape index (κ3) is 4.39. The molecule has 1 saturated carbocycles. The maximum Gasteiger partial charge on any atom is 0.322 e. The molecule has 0 saturated heterocycles. The lowest BCUT2D eigenvalue weighted by molar-refractivity contribution is -0.162. The summed E-state index contributed by atoms with van der Waals surface area (Å²) in [6.45, 7) is 6.24. The summed E-state index contributed by atoms with van der Waals surface area (Å²) < 4.78 is 5.59. The largest absolute Gasteiger partial charge is 0.458 e. The Morgan fingerprint density at radius 2 is 1.89 bits per heavy atom. The summed E-state index contributed by atoms with van der Waals surface area (Å²) in [5.41, 5.74) is -0.131. The molecule has 0 aromatic carbocycles. The molecule has 2 nitrogen and oxygen atoms in total. The summed E-state index contributed by atoms with van der Waals surface area (Å²) in [5.74, 6) is -0.0102. The second-order valence-electron chi connectivity index (χ2n) is 5.79. The van der Waals surface area contributed by atoms with E-state index in [9.17, 15) is 4.79 Å². The standard InChI is InChI=1S/C15H27IO2/c1-4-6-7-10-15(11-8-9-12-15)18-13(17)14(3,16)5-2/h4-12H2,1-3H3. The quantitative estimate of drug-likeness (QED) is 0.274. The average Bonchev–Trinajstić information content (AvgIpc) is 2.78. The Balaban J connectivity index is 2.59. The zero-order chi connectivity index (χ0) is 13.6. The molecule has 3 heteroatoms. The van der Waals surface area contributed by atoms with Gasteiger partial charge in [0.2, 0.25) is 0 Å². The Bertz CT molecular complexity index is 268. The van der Waals surface area contributed by atoms with Crippen LogP contribution in [0.1, 0.15) is 78.6 Å². The van der Waals surface area contributed by atoms with Gasteiger partial charge in [0.1, 0.15) is 9.02 Å². The fraction of sp³-hybridized carbons (Fsp3) is 0.933. The highest BCUT2D eigenvalue weighted by atomic mass is 127. The van der Waals surface area contributed by atoms with E-state index >= 15 is 0 Å². The molecular weight excluding hydrogens is 339 g/mol. The number of rotatable bonds is 7. The van der Waals surface area contributed by atoms with Crippen molar-refractivity contribution in [2.45, 2.75) is 87.6 Å². The first kappa shape index (κ1) is 16.3. The van der Waals surface area contributed by atoms with Crippen LogP contribution in [-0.4, -0.2) is 15.0 Å². The number of alkyl halides is 1. The fourth-order valence-electron chi connectivity index (χ4n) is 2.57. The summed E-state index contributed by atoms with van der Waals surface area (Å²) in [4.78, 5) is 12.3. The van der Waals surface area contributed by atoms with Crippen LogP contribution in [0.2, 0.25) is 0 Å². The molecule has 1 aliphatic rings. The number of unbranched alkanes of at least 4 members (excludes halogenated alkanes) is 2. The van der Waals surface area contributed by atoms with Gasteiger partial charge < -0.3 is 4.74 Å². The van der Waals surface area contributed by atoms with E-state index in [0.717, 1.165) is 25.7 Å². The summed E-state index contributed by atoms with van der Waals surface area (Å²) in [6.07, 6.45) is 10.1. The minimum absolute atomic E-state index is 0.0102. The van der Waals surface area contributed by atoms with Crippen LogP contribution >= 0.6 is 22.6 Å². The normalized spacial score (nSPS) is 21.6. The van der Waals surface area contributed by atoms with Crippen molar-refractivity contribution in [3.63, 3.8) is 0 Å². The summed E-state index contributed by atoms with van der Waals surface area (Å²) in [7, 11) is 0. The molecule has 0 amide bonds. The lowest BCUT2D eigenvalue weighted by Gasteiger charge is -2.32. The van der Waals surface area contributed by atoms with Gasteiger partial charge in [0, 0.05) is 0 Å². The predicted octanol–water partition coefficient (Wildman–Crippen LogP) is 5.03. The molecule has 0 spiro atoms. The van der Waals surface area contributed by atoms with Crippen molar-refractivity contribution in [3.05, 3.63) is 0 Å². The summed E-state index contributed by atoms with van der Waals surface area (Å²) >= 11 is 2.23. The molecule has 106 valence electrons. The molecule has 1 atom stereocenters. The smallest absolute Gasteiger partial charge is 0.322 e. The monoisotopic (exact) mass is 366 g/mol. The topological polar surface area (TPSA) is 26.3 Å². The van der Waals surface area contributed by atoms with Crippen molar-refractivity contribution in [3.8, 4) is 0 Å². The van der Waals surface area contributed by atoms with Gasteiger partial charge in [-0.05, 0) is 51.9 Å². The number of carbonyl (C=O) groups is 1. The van der Waals surface area contributed by atoms with Crippen LogP contribution in [-0.2, 0) is 9.53 Å². The van der Waals surface area contributed by atoms with Gasteiger partial charge in [0.25, 0.3) is 0 Å². The molecular formula is C15H27IO2. The van der Waals surface area contributed by atoms with Crippen LogP contribution in [0, 0.1) is 0 Å². The molecule has 1 aliphatic carbocycles. The Hall–Kier alpha value is 0.200. The first-order chi connectivity index (χ1) is 8.46. The SMILES string of the molecule is CCCCCC1(OC(=O)C(C)(I)CC)CCCC1. The minimum atomic E-state index is -0.363. The Labute approximate surface area is 125 Å². The first-order valence-corrected chi connectivity index (χ1v) is 8.46. The zero-order valence-electron chi connectivity index (χ0n) is 12.1. The first-order valence-electron chi connectivity index (χ1n) is 7.38. The second-order valence-corrected chi connectivity index (χ2v) is 8.17. The van der Waals surface area contributed by atoms with Crippen LogP contribution in [0.3, 0.4) is 0 Å². The van der Waals surface area contributed by atoms with Gasteiger partial charge in [-0.3, -0.25) is 4.79 Å². The third-order valence-electron chi connectivity index (χ3n) is 4.15. The van der Waals surface area contributed by atoms with Gasteiger partial charge in [0.05, 0.1) is 0 Å². The number of halogens is 1. The highest BCUT2D eigenvalue weighted by Crippen LogP contribution is 2.39. The van der Waals surface area contributed by atoms with Crippen molar-refractivity contribution < 1.29 is 9.53 Å². The van der Waals surface area contributed by atoms with E-state index in [1.807, 2.05) is 13.8 Å². The van der Waals surface area contributed by atoms with Crippen LogP contribution in [0.5, 0.6) is 0 Å². The maximum absolute atomic E-state index is 12.3. The third-order valence-corrected chi connectivity index (χ3v) is 5.35. The number of ether oxygens (including phenoxy) is 1.